The van der Waals surface area contributed by atoms with Gasteiger partial charge in [0.2, 0.25) is 0 Å². The van der Waals surface area contributed by atoms with Gasteiger partial charge in [-0.3, -0.25) is 0 Å². The summed E-state index contributed by atoms with van der Waals surface area (Å²) in [6.45, 7) is 9.14. The van der Waals surface area contributed by atoms with Crippen molar-refractivity contribution < 1.29 is 19.8 Å². The molecule has 0 aliphatic heterocycles. The Kier molecular flexibility index (Phi) is 17.4. The molecular formula is C40H58N6O4S2. The van der Waals surface area contributed by atoms with Gasteiger partial charge in [-0.05, 0) is 173 Å². The van der Waals surface area contributed by atoms with E-state index in [9.17, 15) is 19.8 Å². The lowest BCUT2D eigenvalue weighted by Gasteiger charge is -2.26. The van der Waals surface area contributed by atoms with Crippen LogP contribution in [-0.2, 0) is 25.7 Å². The maximum absolute atomic E-state index is 12.2. The molecule has 0 aliphatic carbocycles. The number of nitrogens with one attached hydrogen (secondary N) is 4. The van der Waals surface area contributed by atoms with Gasteiger partial charge >= 0.3 is 12.1 Å². The van der Waals surface area contributed by atoms with E-state index in [-0.39, 0.29) is 47.7 Å². The van der Waals surface area contributed by atoms with Crippen LogP contribution in [0.15, 0.2) is 70.1 Å². The van der Waals surface area contributed by atoms with Crippen LogP contribution in [-0.4, -0.2) is 97.5 Å². The van der Waals surface area contributed by atoms with Crippen molar-refractivity contribution in [3.63, 3.8) is 0 Å². The van der Waals surface area contributed by atoms with Crippen LogP contribution >= 0.6 is 22.7 Å². The molecule has 0 saturated heterocycles. The molecule has 0 aliphatic rings. The first-order chi connectivity index (χ1) is 24.7. The first-order valence-electron chi connectivity index (χ1n) is 17.7. The molecule has 12 heteroatoms. The molecule has 1 unspecified atom stereocenters. The minimum Gasteiger partial charge on any atom is -0.508 e. The topological polar surface area (TPSA) is 129 Å². The van der Waals surface area contributed by atoms with E-state index in [4.69, 9.17) is 0 Å². The van der Waals surface area contributed by atoms with Crippen LogP contribution in [0.25, 0.3) is 0 Å². The molecule has 2 heterocycles. The molecule has 2 aromatic heterocycles. The summed E-state index contributed by atoms with van der Waals surface area (Å²) in [5.74, 6) is 0.564. The van der Waals surface area contributed by atoms with Crippen molar-refractivity contribution in [3.8, 4) is 11.5 Å². The Labute approximate surface area is 318 Å². The van der Waals surface area contributed by atoms with Crippen LogP contribution in [0.3, 0.4) is 0 Å². The molecule has 10 nitrogen and oxygen atoms in total. The number of aryl methyl sites for hydroxylation is 2. The quantitative estimate of drug-likeness (QED) is 0.0795. The average Bonchev–Trinajstić information content (AvgIpc) is 3.77. The summed E-state index contributed by atoms with van der Waals surface area (Å²) >= 11 is 3.34. The fourth-order valence-corrected chi connectivity index (χ4v) is 7.16. The Hall–Kier alpha value is -4.10. The zero-order chi connectivity index (χ0) is 38.2. The largest absolute Gasteiger partial charge is 0.508 e. The Morgan fingerprint density at radius 2 is 1.02 bits per heavy atom. The Bertz CT molecular complexity index is 1520. The number of aromatic hydroxyl groups is 2. The van der Waals surface area contributed by atoms with Gasteiger partial charge in [0.1, 0.15) is 11.5 Å². The predicted molar refractivity (Wildman–Crippen MR) is 216 cm³/mol. The number of phenolic OH excluding ortho intramolecular Hbond substituents is 2. The number of rotatable bonds is 16. The number of carbonyl (C=O) groups excluding carboxylic acids is 2. The Morgan fingerprint density at radius 3 is 1.33 bits per heavy atom. The van der Waals surface area contributed by atoms with Crippen molar-refractivity contribution in [1.29, 1.82) is 0 Å². The van der Waals surface area contributed by atoms with E-state index in [0.717, 1.165) is 36.8 Å². The van der Waals surface area contributed by atoms with E-state index < -0.39 is 0 Å². The third-order valence-corrected chi connectivity index (χ3v) is 10.5. The number of thiophene rings is 2. The van der Waals surface area contributed by atoms with Crippen molar-refractivity contribution in [2.45, 2.75) is 77.5 Å². The first-order valence-corrected chi connectivity index (χ1v) is 19.6. The SMILES string of the molecule is Cc1cc(O)ccc1C[C@@H](CNC(=O)NC(C)Cc1ccsc1)N(C)C.Cc1cc(O)ccc1C[C@@H](CNC(=O)N[C@@H](C)Cc1ccsc1)N(C)C. The van der Waals surface area contributed by atoms with E-state index in [2.05, 4.69) is 64.7 Å². The average molecular weight is 751 g/mol. The van der Waals surface area contributed by atoms with Crippen LogP contribution in [0.4, 0.5) is 9.59 Å². The highest BCUT2D eigenvalue weighted by Crippen LogP contribution is 2.19. The third-order valence-electron chi connectivity index (χ3n) is 9.02. The van der Waals surface area contributed by atoms with Gasteiger partial charge in [0.15, 0.2) is 0 Å². The van der Waals surface area contributed by atoms with Crippen LogP contribution in [0.2, 0.25) is 0 Å². The summed E-state index contributed by atoms with van der Waals surface area (Å²) < 4.78 is 0. The lowest BCUT2D eigenvalue weighted by molar-refractivity contribution is 0.228. The Morgan fingerprint density at radius 1 is 0.635 bits per heavy atom. The van der Waals surface area contributed by atoms with Gasteiger partial charge in [-0.2, -0.15) is 22.7 Å². The van der Waals surface area contributed by atoms with Crippen molar-refractivity contribution in [1.82, 2.24) is 31.1 Å². The number of nitrogens with zero attached hydrogens (tertiary/aromatic N) is 2. The molecule has 4 rings (SSSR count). The normalized spacial score (nSPS) is 13.4. The monoisotopic (exact) mass is 750 g/mol. The molecule has 0 fully saturated rings. The number of likely N-dealkylation sites (N-methyl/N-ethyl adjacent to an activating group) is 2. The predicted octanol–water partition coefficient (Wildman–Crippen LogP) is 6.33. The molecule has 6 N–H and O–H groups in total. The van der Waals surface area contributed by atoms with Gasteiger partial charge in [0, 0.05) is 37.3 Å². The summed E-state index contributed by atoms with van der Waals surface area (Å²) in [6.07, 6.45) is 3.29. The maximum atomic E-state index is 12.2. The van der Waals surface area contributed by atoms with Gasteiger partial charge in [-0.1, -0.05) is 12.1 Å². The summed E-state index contributed by atoms with van der Waals surface area (Å²) in [7, 11) is 8.05. The molecule has 284 valence electrons. The minimum atomic E-state index is -0.137. The number of urea groups is 2. The zero-order valence-corrected chi connectivity index (χ0v) is 33.5. The van der Waals surface area contributed by atoms with Crippen LogP contribution < -0.4 is 21.3 Å². The van der Waals surface area contributed by atoms with Crippen LogP contribution in [0.1, 0.15) is 47.2 Å². The van der Waals surface area contributed by atoms with Gasteiger partial charge < -0.3 is 41.3 Å². The second-order valence-electron chi connectivity index (χ2n) is 14.0. The van der Waals surface area contributed by atoms with Crippen molar-refractivity contribution in [2.75, 3.05) is 41.3 Å². The number of hydrogen-bond donors (Lipinski definition) is 6. The van der Waals surface area contributed by atoms with Crippen molar-refractivity contribution >= 4 is 34.7 Å². The van der Waals surface area contributed by atoms with Crippen LogP contribution in [0.5, 0.6) is 11.5 Å². The summed E-state index contributed by atoms with van der Waals surface area (Å²) in [4.78, 5) is 28.6. The highest BCUT2D eigenvalue weighted by atomic mass is 32.1. The Balaban J connectivity index is 0.000000280. The molecular weight excluding hydrogens is 693 g/mol. The summed E-state index contributed by atoms with van der Waals surface area (Å²) in [6, 6.07) is 15.3. The van der Waals surface area contributed by atoms with Crippen molar-refractivity contribution in [2.24, 2.45) is 0 Å². The van der Waals surface area contributed by atoms with Gasteiger partial charge in [0.05, 0.1) is 0 Å². The fourth-order valence-electron chi connectivity index (χ4n) is 5.80. The standard InChI is InChI=1S/2C20H29N3O2S/c2*1-14-9-19(24)6-5-17(14)11-18(23(3)4)12-21-20(25)22-15(2)10-16-7-8-26-13-16/h2*5-9,13,15,18,24H,10-12H2,1-4H3,(H2,21,22,25)/t15?,18-;15-,18-/m00/s1. The second kappa shape index (κ2) is 21.4. The number of carbonyl (C=O) groups is 2. The maximum Gasteiger partial charge on any atom is 0.315 e. The molecule has 2 aromatic carbocycles. The van der Waals surface area contributed by atoms with E-state index in [1.54, 1.807) is 46.9 Å². The molecule has 4 aromatic rings. The molecule has 0 bridgehead atoms. The molecule has 0 radical (unpaired) electrons. The number of benzene rings is 2. The number of phenols is 2. The lowest BCUT2D eigenvalue weighted by Crippen LogP contribution is -2.47. The summed E-state index contributed by atoms with van der Waals surface area (Å²) in [5, 5.41) is 39.4. The molecule has 52 heavy (non-hydrogen) atoms. The van der Waals surface area contributed by atoms with Gasteiger partial charge in [-0.15, -0.1) is 0 Å². The third kappa shape index (κ3) is 15.2. The second-order valence-corrected chi connectivity index (χ2v) is 15.6. The zero-order valence-electron chi connectivity index (χ0n) is 31.9. The van der Waals surface area contributed by atoms with E-state index >= 15 is 0 Å². The molecule has 4 atom stereocenters. The first kappa shape index (κ1) is 42.3. The minimum absolute atomic E-state index is 0.0850. The van der Waals surface area contributed by atoms with E-state index in [1.165, 1.54) is 22.3 Å². The van der Waals surface area contributed by atoms with Gasteiger partial charge in [0.25, 0.3) is 0 Å². The smallest absolute Gasteiger partial charge is 0.315 e. The molecule has 0 spiro atoms. The van der Waals surface area contributed by atoms with Gasteiger partial charge in [-0.25, -0.2) is 9.59 Å². The highest BCUT2D eigenvalue weighted by Gasteiger charge is 2.18. The van der Waals surface area contributed by atoms with Crippen molar-refractivity contribution in [3.05, 3.63) is 103 Å². The number of hydrogen-bond acceptors (Lipinski definition) is 8. The number of amides is 4. The summed E-state index contributed by atoms with van der Waals surface area (Å²) in [5.41, 5.74) is 6.97. The fraction of sp³-hybridized carbons (Fsp3) is 0.450. The molecule has 4 amide bonds. The van der Waals surface area contributed by atoms with E-state index in [0.29, 0.717) is 13.1 Å². The van der Waals surface area contributed by atoms with E-state index in [1.807, 2.05) is 68.0 Å². The molecule has 0 saturated carbocycles. The van der Waals surface area contributed by atoms with Crippen LogP contribution in [0, 0.1) is 13.8 Å². The highest BCUT2D eigenvalue weighted by molar-refractivity contribution is 7.08. The lowest BCUT2D eigenvalue weighted by atomic mass is 10.00.